The standard InChI is InChI=1S/C16H24N4O3.HI/c1-17-16(19-11-15(21)18-8-10-22-2)20-13-7-9-23-14-6-4-3-5-12(13)14;/h3-6,13H,7-11H2,1-2H3,(H,18,21)(H2,17,19,20);1H. The van der Waals surface area contributed by atoms with Gasteiger partial charge in [-0.05, 0) is 6.07 Å². The lowest BCUT2D eigenvalue weighted by atomic mass is 10.0. The van der Waals surface area contributed by atoms with Crippen LogP contribution in [0.1, 0.15) is 18.0 Å². The smallest absolute Gasteiger partial charge is 0.239 e. The summed E-state index contributed by atoms with van der Waals surface area (Å²) in [5.41, 5.74) is 1.10. The number of para-hydroxylation sites is 1. The van der Waals surface area contributed by atoms with Crippen LogP contribution in [0.15, 0.2) is 29.3 Å². The van der Waals surface area contributed by atoms with E-state index in [1.807, 2.05) is 24.3 Å². The fraction of sp³-hybridized carbons (Fsp3) is 0.500. The Bertz CT molecular complexity index is 554. The van der Waals surface area contributed by atoms with E-state index in [1.165, 1.54) is 0 Å². The summed E-state index contributed by atoms with van der Waals surface area (Å²) in [5, 5.41) is 9.11. The van der Waals surface area contributed by atoms with Gasteiger partial charge in [-0.3, -0.25) is 9.79 Å². The van der Waals surface area contributed by atoms with Gasteiger partial charge in [-0.25, -0.2) is 0 Å². The van der Waals surface area contributed by atoms with Crippen LogP contribution in [0.25, 0.3) is 0 Å². The number of ether oxygens (including phenoxy) is 2. The molecule has 1 heterocycles. The summed E-state index contributed by atoms with van der Waals surface area (Å²) in [6, 6.07) is 8.06. The number of carbonyl (C=O) groups is 1. The van der Waals surface area contributed by atoms with Gasteiger partial charge in [-0.1, -0.05) is 18.2 Å². The molecule has 1 amide bonds. The van der Waals surface area contributed by atoms with Crippen LogP contribution in [0.5, 0.6) is 5.75 Å². The van der Waals surface area contributed by atoms with Crippen LogP contribution in [-0.2, 0) is 9.53 Å². The third kappa shape index (κ3) is 6.16. The lowest BCUT2D eigenvalue weighted by Gasteiger charge is -2.28. The highest BCUT2D eigenvalue weighted by atomic mass is 127. The lowest BCUT2D eigenvalue weighted by Crippen LogP contribution is -2.45. The summed E-state index contributed by atoms with van der Waals surface area (Å²) >= 11 is 0. The first-order chi connectivity index (χ1) is 11.2. The SMILES string of the molecule is CN=C(NCC(=O)NCCOC)NC1CCOc2ccccc21.I. The van der Waals surface area contributed by atoms with Crippen LogP contribution in [-0.4, -0.2) is 52.3 Å². The monoisotopic (exact) mass is 448 g/mol. The van der Waals surface area contributed by atoms with Gasteiger partial charge in [0.1, 0.15) is 5.75 Å². The van der Waals surface area contributed by atoms with Crippen LogP contribution in [0.4, 0.5) is 0 Å². The molecule has 7 nitrogen and oxygen atoms in total. The number of amides is 1. The molecule has 0 aromatic heterocycles. The molecule has 0 bridgehead atoms. The first-order valence-corrected chi connectivity index (χ1v) is 7.69. The van der Waals surface area contributed by atoms with Gasteiger partial charge in [-0.2, -0.15) is 0 Å². The van der Waals surface area contributed by atoms with E-state index in [1.54, 1.807) is 14.2 Å². The number of nitrogens with zero attached hydrogens (tertiary/aromatic N) is 1. The zero-order valence-electron chi connectivity index (χ0n) is 14.0. The number of hydrogen-bond donors (Lipinski definition) is 3. The number of guanidine groups is 1. The van der Waals surface area contributed by atoms with Crippen LogP contribution in [0, 0.1) is 0 Å². The van der Waals surface area contributed by atoms with Crippen molar-refractivity contribution in [1.82, 2.24) is 16.0 Å². The van der Waals surface area contributed by atoms with Crippen molar-refractivity contribution in [2.24, 2.45) is 4.99 Å². The molecule has 0 fully saturated rings. The molecule has 1 aliphatic heterocycles. The van der Waals surface area contributed by atoms with Crippen molar-refractivity contribution in [3.05, 3.63) is 29.8 Å². The number of methoxy groups -OCH3 is 1. The summed E-state index contributed by atoms with van der Waals surface area (Å²) in [6.45, 7) is 1.81. The molecular weight excluding hydrogens is 423 g/mol. The van der Waals surface area contributed by atoms with Gasteiger partial charge in [0.15, 0.2) is 5.96 Å². The molecule has 134 valence electrons. The molecule has 2 rings (SSSR count). The molecule has 0 saturated carbocycles. The number of benzene rings is 1. The quantitative estimate of drug-likeness (QED) is 0.262. The Labute approximate surface area is 159 Å². The van der Waals surface area contributed by atoms with Crippen molar-refractivity contribution in [2.75, 3.05) is 40.5 Å². The summed E-state index contributed by atoms with van der Waals surface area (Å²) in [7, 11) is 3.28. The molecule has 1 aromatic rings. The fourth-order valence-electron chi connectivity index (χ4n) is 2.37. The Morgan fingerprint density at radius 1 is 1.38 bits per heavy atom. The van der Waals surface area contributed by atoms with Gasteiger partial charge < -0.3 is 25.4 Å². The number of nitrogens with one attached hydrogen (secondary N) is 3. The molecule has 1 aliphatic rings. The predicted octanol–water partition coefficient (Wildman–Crippen LogP) is 1.06. The molecule has 8 heteroatoms. The molecule has 1 aromatic carbocycles. The molecule has 0 spiro atoms. The van der Waals surface area contributed by atoms with Gasteiger partial charge in [0.2, 0.25) is 5.91 Å². The normalized spacial score (nSPS) is 16.2. The Kier molecular flexibility index (Phi) is 9.46. The summed E-state index contributed by atoms with van der Waals surface area (Å²) in [6.07, 6.45) is 0.845. The Hall–Kier alpha value is -1.55. The second-order valence-electron chi connectivity index (χ2n) is 5.14. The molecule has 0 aliphatic carbocycles. The van der Waals surface area contributed by atoms with E-state index in [9.17, 15) is 4.79 Å². The molecular formula is C16H25IN4O3. The minimum absolute atomic E-state index is 0. The van der Waals surface area contributed by atoms with E-state index in [-0.39, 0.29) is 42.5 Å². The third-order valence-corrected chi connectivity index (χ3v) is 3.54. The highest BCUT2D eigenvalue weighted by Crippen LogP contribution is 2.31. The van der Waals surface area contributed by atoms with Crippen LogP contribution >= 0.6 is 24.0 Å². The number of halogens is 1. The zero-order valence-corrected chi connectivity index (χ0v) is 16.3. The minimum atomic E-state index is -0.0997. The third-order valence-electron chi connectivity index (χ3n) is 3.54. The second-order valence-corrected chi connectivity index (χ2v) is 5.14. The van der Waals surface area contributed by atoms with Crippen molar-refractivity contribution in [3.63, 3.8) is 0 Å². The average Bonchev–Trinajstić information content (AvgIpc) is 2.59. The van der Waals surface area contributed by atoms with Crippen molar-refractivity contribution in [2.45, 2.75) is 12.5 Å². The zero-order chi connectivity index (χ0) is 16.5. The topological polar surface area (TPSA) is 84.0 Å². The lowest BCUT2D eigenvalue weighted by molar-refractivity contribution is -0.120. The average molecular weight is 448 g/mol. The molecule has 1 unspecified atom stereocenters. The minimum Gasteiger partial charge on any atom is -0.493 e. The predicted molar refractivity (Wildman–Crippen MR) is 104 cm³/mol. The van der Waals surface area contributed by atoms with Gasteiger partial charge >= 0.3 is 0 Å². The number of hydrogen-bond acceptors (Lipinski definition) is 4. The number of fused-ring (bicyclic) bond motifs is 1. The highest BCUT2D eigenvalue weighted by Gasteiger charge is 2.21. The largest absolute Gasteiger partial charge is 0.493 e. The van der Waals surface area contributed by atoms with E-state index in [0.717, 1.165) is 17.7 Å². The van der Waals surface area contributed by atoms with Crippen LogP contribution in [0.3, 0.4) is 0 Å². The first-order valence-electron chi connectivity index (χ1n) is 7.69. The summed E-state index contributed by atoms with van der Waals surface area (Å²) in [5.74, 6) is 1.38. The van der Waals surface area contributed by atoms with E-state index in [2.05, 4.69) is 20.9 Å². The number of carbonyl (C=O) groups excluding carboxylic acids is 1. The summed E-state index contributed by atoms with van der Waals surface area (Å²) in [4.78, 5) is 15.9. The Balaban J connectivity index is 0.00000288. The fourth-order valence-corrected chi connectivity index (χ4v) is 2.37. The van der Waals surface area contributed by atoms with Crippen LogP contribution in [0.2, 0.25) is 0 Å². The Morgan fingerprint density at radius 3 is 2.92 bits per heavy atom. The first kappa shape index (κ1) is 20.5. The van der Waals surface area contributed by atoms with Crippen molar-refractivity contribution < 1.29 is 14.3 Å². The summed E-state index contributed by atoms with van der Waals surface area (Å²) < 4.78 is 10.5. The molecule has 1 atom stereocenters. The van der Waals surface area contributed by atoms with Crippen LogP contribution < -0.4 is 20.7 Å². The Morgan fingerprint density at radius 2 is 2.17 bits per heavy atom. The highest BCUT2D eigenvalue weighted by molar-refractivity contribution is 14.0. The van der Waals surface area contributed by atoms with Gasteiger partial charge in [0, 0.05) is 32.7 Å². The van der Waals surface area contributed by atoms with Crippen molar-refractivity contribution >= 4 is 35.8 Å². The number of aliphatic imine (C=N–C) groups is 1. The number of rotatable bonds is 6. The molecule has 3 N–H and O–H groups in total. The second kappa shape index (κ2) is 11.1. The van der Waals surface area contributed by atoms with E-state index >= 15 is 0 Å². The van der Waals surface area contributed by atoms with Gasteiger partial charge in [0.05, 0.1) is 25.8 Å². The molecule has 0 radical (unpaired) electrons. The van der Waals surface area contributed by atoms with E-state index in [4.69, 9.17) is 9.47 Å². The maximum absolute atomic E-state index is 11.7. The van der Waals surface area contributed by atoms with E-state index in [0.29, 0.717) is 25.7 Å². The van der Waals surface area contributed by atoms with Gasteiger partial charge in [-0.15, -0.1) is 24.0 Å². The maximum Gasteiger partial charge on any atom is 0.239 e. The molecule has 0 saturated heterocycles. The van der Waals surface area contributed by atoms with E-state index < -0.39 is 0 Å². The maximum atomic E-state index is 11.7. The van der Waals surface area contributed by atoms with Crippen molar-refractivity contribution in [1.29, 1.82) is 0 Å². The van der Waals surface area contributed by atoms with Gasteiger partial charge in [0.25, 0.3) is 0 Å². The van der Waals surface area contributed by atoms with Crippen molar-refractivity contribution in [3.8, 4) is 5.75 Å². The molecule has 24 heavy (non-hydrogen) atoms.